The largest absolute Gasteiger partial charge is 0.399 e. The summed E-state index contributed by atoms with van der Waals surface area (Å²) in [5.74, 6) is 0.921. The van der Waals surface area contributed by atoms with E-state index in [4.69, 9.17) is 5.73 Å². The van der Waals surface area contributed by atoms with Crippen molar-refractivity contribution in [3.63, 3.8) is 0 Å². The summed E-state index contributed by atoms with van der Waals surface area (Å²) in [6.07, 6.45) is 3.22. The lowest BCUT2D eigenvalue weighted by molar-refractivity contribution is 0.242. The van der Waals surface area contributed by atoms with Crippen LogP contribution in [0.15, 0.2) is 18.2 Å². The number of nitrogens with two attached hydrogens (primary N) is 1. The Balaban J connectivity index is 2.58. The lowest BCUT2D eigenvalue weighted by Gasteiger charge is -2.24. The second-order valence-corrected chi connectivity index (χ2v) is 5.38. The van der Waals surface area contributed by atoms with Gasteiger partial charge in [-0.15, -0.1) is 0 Å². The predicted octanol–water partition coefficient (Wildman–Crippen LogP) is 2.98. The SMILES string of the molecule is CSCCC(C)N(C)Cc1ccc(N)cc1F. The predicted molar refractivity (Wildman–Crippen MR) is 74.7 cm³/mol. The van der Waals surface area contributed by atoms with Crippen molar-refractivity contribution >= 4 is 17.4 Å². The fraction of sp³-hybridized carbons (Fsp3) is 0.538. The summed E-state index contributed by atoms with van der Waals surface area (Å²) < 4.78 is 13.6. The third-order valence-corrected chi connectivity index (χ3v) is 3.63. The molecule has 0 aliphatic carbocycles. The van der Waals surface area contributed by atoms with Gasteiger partial charge in [-0.1, -0.05) is 6.07 Å². The zero-order chi connectivity index (χ0) is 12.8. The molecule has 1 unspecified atom stereocenters. The first-order valence-corrected chi connectivity index (χ1v) is 7.17. The first-order valence-electron chi connectivity index (χ1n) is 5.77. The van der Waals surface area contributed by atoms with Gasteiger partial charge in [0, 0.05) is 23.8 Å². The zero-order valence-corrected chi connectivity index (χ0v) is 11.6. The molecule has 2 N–H and O–H groups in total. The van der Waals surface area contributed by atoms with Crippen molar-refractivity contribution in [2.45, 2.75) is 25.9 Å². The van der Waals surface area contributed by atoms with Crippen molar-refractivity contribution in [3.05, 3.63) is 29.6 Å². The summed E-state index contributed by atoms with van der Waals surface area (Å²) >= 11 is 1.84. The molecule has 1 aromatic rings. The molecule has 0 bridgehead atoms. The molecule has 17 heavy (non-hydrogen) atoms. The smallest absolute Gasteiger partial charge is 0.129 e. The number of benzene rings is 1. The summed E-state index contributed by atoms with van der Waals surface area (Å²) in [5.41, 5.74) is 6.71. The summed E-state index contributed by atoms with van der Waals surface area (Å²) in [4.78, 5) is 2.17. The molecule has 0 aliphatic heterocycles. The number of nitrogens with zero attached hydrogens (tertiary/aromatic N) is 1. The van der Waals surface area contributed by atoms with E-state index in [2.05, 4.69) is 18.1 Å². The van der Waals surface area contributed by atoms with Gasteiger partial charge in [-0.25, -0.2) is 4.39 Å². The highest BCUT2D eigenvalue weighted by molar-refractivity contribution is 7.98. The minimum Gasteiger partial charge on any atom is -0.399 e. The molecule has 0 spiro atoms. The highest BCUT2D eigenvalue weighted by Crippen LogP contribution is 2.15. The van der Waals surface area contributed by atoms with E-state index in [1.165, 1.54) is 6.07 Å². The van der Waals surface area contributed by atoms with E-state index < -0.39 is 0 Å². The molecule has 0 aromatic heterocycles. The minimum absolute atomic E-state index is 0.214. The summed E-state index contributed by atoms with van der Waals surface area (Å²) in [6, 6.07) is 5.36. The van der Waals surface area contributed by atoms with Gasteiger partial charge in [0.05, 0.1) is 0 Å². The summed E-state index contributed by atoms with van der Waals surface area (Å²) in [5, 5.41) is 0. The molecule has 1 aromatic carbocycles. The van der Waals surface area contributed by atoms with E-state index in [0.717, 1.165) is 12.2 Å². The molecule has 0 radical (unpaired) electrons. The Bertz CT molecular complexity index is 357. The van der Waals surface area contributed by atoms with Crippen molar-refractivity contribution < 1.29 is 4.39 Å². The number of thioether (sulfide) groups is 1. The van der Waals surface area contributed by atoms with Crippen LogP contribution in [-0.4, -0.2) is 30.0 Å². The second-order valence-electron chi connectivity index (χ2n) is 4.40. The van der Waals surface area contributed by atoms with Crippen LogP contribution < -0.4 is 5.73 Å². The molecule has 96 valence electrons. The van der Waals surface area contributed by atoms with Crippen LogP contribution in [0.1, 0.15) is 18.9 Å². The van der Waals surface area contributed by atoms with Crippen LogP contribution in [0.4, 0.5) is 10.1 Å². The number of hydrogen-bond donors (Lipinski definition) is 1. The number of nitrogen functional groups attached to an aromatic ring is 1. The lowest BCUT2D eigenvalue weighted by atomic mass is 10.1. The highest BCUT2D eigenvalue weighted by atomic mass is 32.2. The van der Waals surface area contributed by atoms with Crippen molar-refractivity contribution in [1.82, 2.24) is 4.90 Å². The van der Waals surface area contributed by atoms with Gasteiger partial charge >= 0.3 is 0 Å². The Morgan fingerprint density at radius 3 is 2.76 bits per heavy atom. The normalized spacial score (nSPS) is 13.0. The van der Waals surface area contributed by atoms with Gasteiger partial charge < -0.3 is 5.73 Å². The van der Waals surface area contributed by atoms with Gasteiger partial charge in [-0.2, -0.15) is 11.8 Å². The van der Waals surface area contributed by atoms with Crippen LogP contribution in [0.5, 0.6) is 0 Å². The van der Waals surface area contributed by atoms with Crippen molar-refractivity contribution in [2.75, 3.05) is 24.8 Å². The standard InChI is InChI=1S/C13H21FN2S/c1-10(6-7-17-3)16(2)9-11-4-5-12(15)8-13(11)14/h4-5,8,10H,6-7,9,15H2,1-3H3. The Labute approximate surface area is 107 Å². The second kappa shape index (κ2) is 6.87. The monoisotopic (exact) mass is 256 g/mol. The lowest BCUT2D eigenvalue weighted by Crippen LogP contribution is -2.29. The van der Waals surface area contributed by atoms with Gasteiger partial charge in [0.25, 0.3) is 0 Å². The average molecular weight is 256 g/mol. The van der Waals surface area contributed by atoms with Crippen LogP contribution in [0.25, 0.3) is 0 Å². The molecule has 0 saturated carbocycles. The van der Waals surface area contributed by atoms with E-state index in [-0.39, 0.29) is 5.82 Å². The number of anilines is 1. The van der Waals surface area contributed by atoms with Crippen molar-refractivity contribution in [3.8, 4) is 0 Å². The molecule has 0 saturated heterocycles. The molecule has 1 atom stereocenters. The fourth-order valence-corrected chi connectivity index (χ4v) is 2.20. The van der Waals surface area contributed by atoms with Gasteiger partial charge in [-0.3, -0.25) is 4.90 Å². The quantitative estimate of drug-likeness (QED) is 0.793. The maximum Gasteiger partial charge on any atom is 0.129 e. The number of hydrogen-bond acceptors (Lipinski definition) is 3. The van der Waals surface area contributed by atoms with Crippen LogP contribution in [-0.2, 0) is 6.54 Å². The maximum atomic E-state index is 13.6. The van der Waals surface area contributed by atoms with Crippen molar-refractivity contribution in [2.24, 2.45) is 0 Å². The molecular weight excluding hydrogens is 235 g/mol. The molecular formula is C13H21FN2S. The molecule has 0 heterocycles. The van der Waals surface area contributed by atoms with Gasteiger partial charge in [0.1, 0.15) is 5.82 Å². The fourth-order valence-electron chi connectivity index (χ4n) is 1.63. The third-order valence-electron chi connectivity index (χ3n) is 2.99. The Morgan fingerprint density at radius 1 is 1.47 bits per heavy atom. The third kappa shape index (κ3) is 4.56. The average Bonchev–Trinajstić information content (AvgIpc) is 2.29. The Morgan fingerprint density at radius 2 is 2.18 bits per heavy atom. The van der Waals surface area contributed by atoms with Gasteiger partial charge in [0.2, 0.25) is 0 Å². The van der Waals surface area contributed by atoms with Crippen LogP contribution in [0.2, 0.25) is 0 Å². The van der Waals surface area contributed by atoms with E-state index in [1.54, 1.807) is 12.1 Å². The first-order chi connectivity index (χ1) is 8.04. The zero-order valence-electron chi connectivity index (χ0n) is 10.7. The Hall–Kier alpha value is -0.740. The molecule has 0 fully saturated rings. The van der Waals surface area contributed by atoms with E-state index >= 15 is 0 Å². The Kier molecular flexibility index (Phi) is 5.78. The number of rotatable bonds is 6. The van der Waals surface area contributed by atoms with Gasteiger partial charge in [0.15, 0.2) is 0 Å². The van der Waals surface area contributed by atoms with Crippen LogP contribution in [0, 0.1) is 5.82 Å². The highest BCUT2D eigenvalue weighted by Gasteiger charge is 2.11. The minimum atomic E-state index is -0.214. The molecule has 0 aliphatic rings. The van der Waals surface area contributed by atoms with E-state index in [1.807, 2.05) is 18.8 Å². The van der Waals surface area contributed by atoms with Crippen molar-refractivity contribution in [1.29, 1.82) is 0 Å². The summed E-state index contributed by atoms with van der Waals surface area (Å²) in [6.45, 7) is 2.80. The maximum absolute atomic E-state index is 13.6. The molecule has 0 amide bonds. The first kappa shape index (κ1) is 14.3. The molecule has 2 nitrogen and oxygen atoms in total. The van der Waals surface area contributed by atoms with Crippen LogP contribution >= 0.6 is 11.8 Å². The van der Waals surface area contributed by atoms with E-state index in [9.17, 15) is 4.39 Å². The molecule has 4 heteroatoms. The van der Waals surface area contributed by atoms with Gasteiger partial charge in [-0.05, 0) is 44.5 Å². The topological polar surface area (TPSA) is 29.3 Å². The number of halogens is 1. The molecule has 1 rings (SSSR count). The summed E-state index contributed by atoms with van der Waals surface area (Å²) in [7, 11) is 2.03. The van der Waals surface area contributed by atoms with E-state index in [0.29, 0.717) is 23.8 Å². The van der Waals surface area contributed by atoms with Crippen LogP contribution in [0.3, 0.4) is 0 Å².